The average Bonchev–Trinajstić information content (AvgIpc) is 2.55. The Morgan fingerprint density at radius 1 is 1.12 bits per heavy atom. The molecule has 1 aromatic rings. The van der Waals surface area contributed by atoms with E-state index in [1.54, 1.807) is 0 Å². The summed E-state index contributed by atoms with van der Waals surface area (Å²) in [6, 6.07) is 11.3. The summed E-state index contributed by atoms with van der Waals surface area (Å²) in [7, 11) is 0. The Morgan fingerprint density at radius 3 is 2.62 bits per heavy atom. The van der Waals surface area contributed by atoms with Crippen molar-refractivity contribution < 1.29 is 4.74 Å². The summed E-state index contributed by atoms with van der Waals surface area (Å²) in [5.74, 6) is 2.05. The van der Waals surface area contributed by atoms with E-state index in [1.165, 1.54) is 50.5 Å². The average molecular weight is 328 g/mol. The highest BCUT2D eigenvalue weighted by atomic mass is 16.5. The van der Waals surface area contributed by atoms with E-state index in [4.69, 9.17) is 10.5 Å². The minimum absolute atomic E-state index is 0.0394. The number of fused-ring (bicyclic) bond motifs is 3. The van der Waals surface area contributed by atoms with E-state index in [9.17, 15) is 0 Å². The van der Waals surface area contributed by atoms with Crippen LogP contribution < -0.4 is 5.73 Å². The van der Waals surface area contributed by atoms with Gasteiger partial charge in [0.25, 0.3) is 0 Å². The van der Waals surface area contributed by atoms with E-state index in [2.05, 4.69) is 44.2 Å². The van der Waals surface area contributed by atoms with Crippen LogP contribution in [0.5, 0.6) is 0 Å². The molecule has 2 N–H and O–H groups in total. The molecule has 2 aliphatic carbocycles. The first-order chi connectivity index (χ1) is 11.5. The minimum atomic E-state index is -0.0394. The third-order valence-corrected chi connectivity index (χ3v) is 7.23. The van der Waals surface area contributed by atoms with Crippen molar-refractivity contribution in [2.75, 3.05) is 0 Å². The number of hydrogen-bond donors (Lipinski definition) is 1. The molecule has 2 nitrogen and oxygen atoms in total. The molecule has 0 amide bonds. The summed E-state index contributed by atoms with van der Waals surface area (Å²) in [5.41, 5.74) is 8.08. The maximum absolute atomic E-state index is 6.79. The van der Waals surface area contributed by atoms with Gasteiger partial charge in [-0.05, 0) is 69.8 Å². The van der Waals surface area contributed by atoms with Gasteiger partial charge in [0.1, 0.15) is 0 Å². The van der Waals surface area contributed by atoms with Crippen LogP contribution in [0.15, 0.2) is 30.3 Å². The SMILES string of the molecule is CC1(C)OC2(C3CCCC(Cc4ccccc4)C3)CCC1C(N)C2. The number of ether oxygens (including phenoxy) is 1. The molecular formula is C22H33NO. The Bertz CT molecular complexity index is 569. The Balaban J connectivity index is 1.49. The highest BCUT2D eigenvalue weighted by molar-refractivity contribution is 5.16. The van der Waals surface area contributed by atoms with Gasteiger partial charge in [-0.3, -0.25) is 0 Å². The van der Waals surface area contributed by atoms with Gasteiger partial charge < -0.3 is 10.5 Å². The zero-order valence-electron chi connectivity index (χ0n) is 15.3. The Morgan fingerprint density at radius 2 is 1.92 bits per heavy atom. The summed E-state index contributed by atoms with van der Waals surface area (Å²) >= 11 is 0. The van der Waals surface area contributed by atoms with E-state index in [0.29, 0.717) is 17.9 Å². The van der Waals surface area contributed by atoms with Crippen LogP contribution in [0.25, 0.3) is 0 Å². The van der Waals surface area contributed by atoms with Crippen molar-refractivity contribution in [3.05, 3.63) is 35.9 Å². The summed E-state index contributed by atoms with van der Waals surface area (Å²) in [6.45, 7) is 4.55. The molecular weight excluding hydrogens is 294 g/mol. The van der Waals surface area contributed by atoms with Gasteiger partial charge in [-0.1, -0.05) is 43.2 Å². The van der Waals surface area contributed by atoms with Gasteiger partial charge in [0, 0.05) is 12.0 Å². The lowest BCUT2D eigenvalue weighted by molar-refractivity contribution is -0.268. The highest BCUT2D eigenvalue weighted by Gasteiger charge is 2.57. The molecule has 2 bridgehead atoms. The fourth-order valence-corrected chi connectivity index (χ4v) is 6.17. The predicted octanol–water partition coefficient (Wildman–Crippen LogP) is 4.71. The monoisotopic (exact) mass is 327 g/mol. The van der Waals surface area contributed by atoms with Crippen LogP contribution in [0.3, 0.4) is 0 Å². The minimum Gasteiger partial charge on any atom is -0.368 e. The van der Waals surface area contributed by atoms with Crippen molar-refractivity contribution in [1.82, 2.24) is 0 Å². The van der Waals surface area contributed by atoms with Crippen molar-refractivity contribution in [1.29, 1.82) is 0 Å². The molecule has 0 aromatic heterocycles. The molecule has 0 spiro atoms. The quantitative estimate of drug-likeness (QED) is 0.872. The van der Waals surface area contributed by atoms with Gasteiger partial charge in [-0.25, -0.2) is 0 Å². The first-order valence-corrected chi connectivity index (χ1v) is 9.98. The molecule has 4 aliphatic rings. The van der Waals surface area contributed by atoms with E-state index in [1.807, 2.05) is 0 Å². The molecule has 4 fully saturated rings. The van der Waals surface area contributed by atoms with Crippen LogP contribution in [0, 0.1) is 17.8 Å². The highest BCUT2D eigenvalue weighted by Crippen LogP contribution is 2.55. The molecule has 2 heteroatoms. The molecule has 2 aliphatic heterocycles. The number of nitrogens with two attached hydrogens (primary N) is 1. The Labute approximate surface area is 147 Å². The number of benzene rings is 1. The normalized spacial score (nSPS) is 41.3. The summed E-state index contributed by atoms with van der Waals surface area (Å²) < 4.78 is 6.79. The van der Waals surface area contributed by atoms with Gasteiger partial charge in [-0.15, -0.1) is 0 Å². The lowest BCUT2D eigenvalue weighted by Crippen LogP contribution is -2.66. The molecule has 1 aromatic carbocycles. The summed E-state index contributed by atoms with van der Waals surface area (Å²) in [4.78, 5) is 0. The first-order valence-electron chi connectivity index (χ1n) is 9.98. The number of hydrogen-bond acceptors (Lipinski definition) is 2. The third-order valence-electron chi connectivity index (χ3n) is 7.23. The second-order valence-electron chi connectivity index (χ2n) is 9.20. The van der Waals surface area contributed by atoms with Crippen LogP contribution in [0.4, 0.5) is 0 Å². The summed E-state index contributed by atoms with van der Waals surface area (Å²) in [6.07, 6.45) is 10.2. The van der Waals surface area contributed by atoms with Crippen molar-refractivity contribution in [2.45, 2.75) is 82.5 Å². The predicted molar refractivity (Wildman–Crippen MR) is 98.8 cm³/mol. The van der Waals surface area contributed by atoms with E-state index < -0.39 is 0 Å². The zero-order valence-corrected chi connectivity index (χ0v) is 15.3. The largest absolute Gasteiger partial charge is 0.368 e. The smallest absolute Gasteiger partial charge is 0.0733 e. The van der Waals surface area contributed by atoms with Crippen LogP contribution in [0.1, 0.15) is 64.4 Å². The second-order valence-corrected chi connectivity index (χ2v) is 9.20. The molecule has 5 rings (SSSR count). The molecule has 132 valence electrons. The first kappa shape index (κ1) is 16.6. The zero-order chi connectivity index (χ0) is 16.8. The fraction of sp³-hybridized carbons (Fsp3) is 0.727. The molecule has 2 saturated heterocycles. The molecule has 24 heavy (non-hydrogen) atoms. The molecule has 2 saturated carbocycles. The van der Waals surface area contributed by atoms with Crippen LogP contribution >= 0.6 is 0 Å². The van der Waals surface area contributed by atoms with Crippen LogP contribution in [0.2, 0.25) is 0 Å². The van der Waals surface area contributed by atoms with Crippen molar-refractivity contribution >= 4 is 0 Å². The molecule has 0 radical (unpaired) electrons. The summed E-state index contributed by atoms with van der Waals surface area (Å²) in [5, 5.41) is 0. The fourth-order valence-electron chi connectivity index (χ4n) is 6.17. The lowest BCUT2D eigenvalue weighted by Gasteiger charge is -2.61. The molecule has 5 atom stereocenters. The maximum Gasteiger partial charge on any atom is 0.0733 e. The standard InChI is InChI=1S/C22H33NO/c1-21(2)19-11-12-22(24-21,15-20(19)23)18-10-6-9-17(14-18)13-16-7-4-3-5-8-16/h3-5,7-8,17-20H,6,9-15,23H2,1-2H3. The molecule has 5 unspecified atom stereocenters. The van der Waals surface area contributed by atoms with E-state index in [-0.39, 0.29) is 11.2 Å². The van der Waals surface area contributed by atoms with Crippen molar-refractivity contribution in [3.63, 3.8) is 0 Å². The lowest BCUT2D eigenvalue weighted by atomic mass is 9.59. The van der Waals surface area contributed by atoms with E-state index in [0.717, 1.165) is 12.3 Å². The van der Waals surface area contributed by atoms with Crippen molar-refractivity contribution in [3.8, 4) is 0 Å². The third kappa shape index (κ3) is 2.93. The van der Waals surface area contributed by atoms with Gasteiger partial charge in [0.2, 0.25) is 0 Å². The van der Waals surface area contributed by atoms with Gasteiger partial charge in [-0.2, -0.15) is 0 Å². The maximum atomic E-state index is 6.79. The Hall–Kier alpha value is -0.860. The Kier molecular flexibility index (Phi) is 4.25. The second kappa shape index (κ2) is 6.14. The van der Waals surface area contributed by atoms with Gasteiger partial charge >= 0.3 is 0 Å². The van der Waals surface area contributed by atoms with Crippen LogP contribution in [-0.4, -0.2) is 17.2 Å². The number of rotatable bonds is 3. The van der Waals surface area contributed by atoms with E-state index >= 15 is 0 Å². The van der Waals surface area contributed by atoms with Crippen molar-refractivity contribution in [2.24, 2.45) is 23.5 Å². The van der Waals surface area contributed by atoms with Gasteiger partial charge in [0.15, 0.2) is 0 Å². The van der Waals surface area contributed by atoms with Crippen LogP contribution in [-0.2, 0) is 11.2 Å². The van der Waals surface area contributed by atoms with Gasteiger partial charge in [0.05, 0.1) is 11.2 Å². The topological polar surface area (TPSA) is 35.2 Å². The molecule has 2 heterocycles.